The van der Waals surface area contributed by atoms with E-state index in [4.69, 9.17) is 5.73 Å². The smallest absolute Gasteiger partial charge is 0.256 e. The molecule has 2 aromatic rings. The summed E-state index contributed by atoms with van der Waals surface area (Å²) >= 11 is 0. The number of piperidine rings is 1. The second kappa shape index (κ2) is 7.82. The van der Waals surface area contributed by atoms with E-state index in [1.807, 2.05) is 30.9 Å². The van der Waals surface area contributed by atoms with Gasteiger partial charge in [0.1, 0.15) is 0 Å². The van der Waals surface area contributed by atoms with E-state index in [-0.39, 0.29) is 11.8 Å². The van der Waals surface area contributed by atoms with Crippen LogP contribution in [-0.2, 0) is 0 Å². The normalized spacial score (nSPS) is 14.9. The van der Waals surface area contributed by atoms with E-state index in [2.05, 4.69) is 12.2 Å². The zero-order valence-corrected chi connectivity index (χ0v) is 16.2. The molecule has 0 spiro atoms. The van der Waals surface area contributed by atoms with Crippen LogP contribution in [0.15, 0.2) is 36.4 Å². The predicted molar refractivity (Wildman–Crippen MR) is 109 cm³/mol. The van der Waals surface area contributed by atoms with E-state index >= 15 is 0 Å². The maximum Gasteiger partial charge on any atom is 0.256 e. The van der Waals surface area contributed by atoms with Crippen molar-refractivity contribution >= 4 is 23.2 Å². The standard InChI is InChI=1S/C22H27N3O2/c1-14-8-10-25(11-9-14)22(27)17-5-7-20(16(3)12-17)24-21(26)19-13-18(23)6-4-15(19)2/h4-7,12-14H,8-11,23H2,1-3H3,(H,24,26). The Labute approximate surface area is 160 Å². The van der Waals surface area contributed by atoms with Crippen LogP contribution in [0.1, 0.15) is 51.6 Å². The molecule has 1 heterocycles. The molecule has 3 N–H and O–H groups in total. The van der Waals surface area contributed by atoms with Crippen LogP contribution in [0, 0.1) is 19.8 Å². The molecular formula is C22H27N3O2. The number of aryl methyl sites for hydroxylation is 2. The summed E-state index contributed by atoms with van der Waals surface area (Å²) in [6.45, 7) is 7.63. The number of rotatable bonds is 3. The molecular weight excluding hydrogens is 338 g/mol. The first-order chi connectivity index (χ1) is 12.8. The van der Waals surface area contributed by atoms with Crippen molar-refractivity contribution in [2.45, 2.75) is 33.6 Å². The van der Waals surface area contributed by atoms with Gasteiger partial charge in [0.25, 0.3) is 11.8 Å². The molecule has 0 atom stereocenters. The highest BCUT2D eigenvalue weighted by Crippen LogP contribution is 2.22. The molecule has 2 amide bonds. The molecule has 27 heavy (non-hydrogen) atoms. The van der Waals surface area contributed by atoms with Crippen LogP contribution in [-0.4, -0.2) is 29.8 Å². The number of benzene rings is 2. The molecule has 2 aromatic carbocycles. The van der Waals surface area contributed by atoms with Crippen molar-refractivity contribution in [3.63, 3.8) is 0 Å². The van der Waals surface area contributed by atoms with Gasteiger partial charge in [-0.05, 0) is 74.1 Å². The first-order valence-electron chi connectivity index (χ1n) is 9.42. The minimum absolute atomic E-state index is 0.0644. The Morgan fingerprint density at radius 3 is 2.41 bits per heavy atom. The van der Waals surface area contributed by atoms with E-state index in [9.17, 15) is 9.59 Å². The van der Waals surface area contributed by atoms with Crippen molar-refractivity contribution in [3.05, 3.63) is 58.7 Å². The molecule has 0 bridgehead atoms. The average Bonchev–Trinajstić information content (AvgIpc) is 2.65. The number of hydrogen-bond acceptors (Lipinski definition) is 3. The zero-order chi connectivity index (χ0) is 19.6. The van der Waals surface area contributed by atoms with Gasteiger partial charge in [0.15, 0.2) is 0 Å². The highest BCUT2D eigenvalue weighted by molar-refractivity contribution is 6.06. The maximum absolute atomic E-state index is 12.7. The van der Waals surface area contributed by atoms with Gasteiger partial charge in [0, 0.05) is 35.6 Å². The fourth-order valence-electron chi connectivity index (χ4n) is 3.41. The number of hydrogen-bond donors (Lipinski definition) is 2. The summed E-state index contributed by atoms with van der Waals surface area (Å²) < 4.78 is 0. The van der Waals surface area contributed by atoms with Crippen LogP contribution < -0.4 is 11.1 Å². The molecule has 0 aromatic heterocycles. The summed E-state index contributed by atoms with van der Waals surface area (Å²) in [7, 11) is 0. The Kier molecular flexibility index (Phi) is 5.49. The topological polar surface area (TPSA) is 75.4 Å². The molecule has 1 aliphatic rings. The average molecular weight is 365 g/mol. The minimum Gasteiger partial charge on any atom is -0.399 e. The molecule has 1 saturated heterocycles. The molecule has 0 aliphatic carbocycles. The predicted octanol–water partition coefficient (Wildman–Crippen LogP) is 4.01. The van der Waals surface area contributed by atoms with Gasteiger partial charge in [0.2, 0.25) is 0 Å². The molecule has 0 radical (unpaired) electrons. The molecule has 0 saturated carbocycles. The van der Waals surface area contributed by atoms with Crippen LogP contribution in [0.5, 0.6) is 0 Å². The number of amides is 2. The lowest BCUT2D eigenvalue weighted by atomic mass is 9.98. The molecule has 3 rings (SSSR count). The fourth-order valence-corrected chi connectivity index (χ4v) is 3.41. The molecule has 1 aliphatic heterocycles. The van der Waals surface area contributed by atoms with Crippen molar-refractivity contribution in [3.8, 4) is 0 Å². The van der Waals surface area contributed by atoms with Gasteiger partial charge in [-0.2, -0.15) is 0 Å². The largest absolute Gasteiger partial charge is 0.399 e. The summed E-state index contributed by atoms with van der Waals surface area (Å²) in [6, 6.07) is 10.7. The third-order valence-electron chi connectivity index (χ3n) is 5.30. The lowest BCUT2D eigenvalue weighted by Gasteiger charge is -2.30. The van der Waals surface area contributed by atoms with E-state index in [0.29, 0.717) is 28.4 Å². The maximum atomic E-state index is 12.7. The lowest BCUT2D eigenvalue weighted by molar-refractivity contribution is 0.0697. The molecule has 142 valence electrons. The van der Waals surface area contributed by atoms with Crippen LogP contribution >= 0.6 is 0 Å². The van der Waals surface area contributed by atoms with E-state index in [0.717, 1.165) is 37.1 Å². The van der Waals surface area contributed by atoms with Gasteiger partial charge in [-0.1, -0.05) is 13.0 Å². The van der Waals surface area contributed by atoms with E-state index in [1.165, 1.54) is 0 Å². The third kappa shape index (κ3) is 4.30. The van der Waals surface area contributed by atoms with Gasteiger partial charge in [-0.3, -0.25) is 9.59 Å². The van der Waals surface area contributed by atoms with Gasteiger partial charge >= 0.3 is 0 Å². The number of anilines is 2. The van der Waals surface area contributed by atoms with Crippen molar-refractivity contribution in [2.75, 3.05) is 24.1 Å². The first kappa shape index (κ1) is 19.0. The fraction of sp³-hybridized carbons (Fsp3) is 0.364. The van der Waals surface area contributed by atoms with Crippen molar-refractivity contribution in [1.29, 1.82) is 0 Å². The quantitative estimate of drug-likeness (QED) is 0.807. The van der Waals surface area contributed by atoms with Crippen molar-refractivity contribution < 1.29 is 9.59 Å². The van der Waals surface area contributed by atoms with E-state index < -0.39 is 0 Å². The summed E-state index contributed by atoms with van der Waals surface area (Å²) in [5.41, 5.74) is 10.0. The van der Waals surface area contributed by atoms with Gasteiger partial charge in [-0.15, -0.1) is 0 Å². The minimum atomic E-state index is -0.202. The number of carbonyl (C=O) groups is 2. The van der Waals surface area contributed by atoms with Crippen molar-refractivity contribution in [2.24, 2.45) is 5.92 Å². The second-order valence-electron chi connectivity index (χ2n) is 7.53. The number of nitrogens with zero attached hydrogens (tertiary/aromatic N) is 1. The first-order valence-corrected chi connectivity index (χ1v) is 9.42. The van der Waals surface area contributed by atoms with Gasteiger partial charge in [0.05, 0.1) is 0 Å². The Hall–Kier alpha value is -2.82. The highest BCUT2D eigenvalue weighted by atomic mass is 16.2. The molecule has 0 unspecified atom stereocenters. The third-order valence-corrected chi connectivity index (χ3v) is 5.30. The van der Waals surface area contributed by atoms with E-state index in [1.54, 1.807) is 24.3 Å². The monoisotopic (exact) mass is 365 g/mol. The summed E-state index contributed by atoms with van der Waals surface area (Å²) in [6.07, 6.45) is 2.11. The summed E-state index contributed by atoms with van der Waals surface area (Å²) in [4.78, 5) is 27.2. The van der Waals surface area contributed by atoms with Crippen LogP contribution in [0.25, 0.3) is 0 Å². The Morgan fingerprint density at radius 2 is 1.74 bits per heavy atom. The Bertz CT molecular complexity index is 868. The molecule has 5 nitrogen and oxygen atoms in total. The number of carbonyl (C=O) groups excluding carboxylic acids is 2. The Balaban J connectivity index is 1.74. The van der Waals surface area contributed by atoms with Gasteiger partial charge < -0.3 is 16.0 Å². The SMILES string of the molecule is Cc1cc(C(=O)N2CCC(C)CC2)ccc1NC(=O)c1cc(N)ccc1C. The molecule has 5 heteroatoms. The zero-order valence-electron chi connectivity index (χ0n) is 16.2. The van der Waals surface area contributed by atoms with Crippen LogP contribution in [0.2, 0.25) is 0 Å². The number of nitrogen functional groups attached to an aromatic ring is 1. The number of nitrogens with two attached hydrogens (primary N) is 1. The molecule has 1 fully saturated rings. The van der Waals surface area contributed by atoms with Crippen LogP contribution in [0.4, 0.5) is 11.4 Å². The lowest BCUT2D eigenvalue weighted by Crippen LogP contribution is -2.37. The van der Waals surface area contributed by atoms with Gasteiger partial charge in [-0.25, -0.2) is 0 Å². The summed E-state index contributed by atoms with van der Waals surface area (Å²) in [5, 5.41) is 2.93. The second-order valence-corrected chi connectivity index (χ2v) is 7.53. The number of nitrogens with one attached hydrogen (secondary N) is 1. The van der Waals surface area contributed by atoms with Crippen molar-refractivity contribution in [1.82, 2.24) is 4.90 Å². The number of likely N-dealkylation sites (tertiary alicyclic amines) is 1. The Morgan fingerprint density at radius 1 is 1.04 bits per heavy atom. The van der Waals surface area contributed by atoms with Crippen LogP contribution in [0.3, 0.4) is 0 Å². The highest BCUT2D eigenvalue weighted by Gasteiger charge is 2.22. The summed E-state index contributed by atoms with van der Waals surface area (Å²) in [5.74, 6) is 0.547.